The number of benzene rings is 1. The van der Waals surface area contributed by atoms with E-state index in [9.17, 15) is 4.79 Å². The molecule has 0 saturated carbocycles. The molecule has 24 heavy (non-hydrogen) atoms. The monoisotopic (exact) mass is 345 g/mol. The fourth-order valence-electron chi connectivity index (χ4n) is 3.24. The van der Waals surface area contributed by atoms with Crippen LogP contribution in [-0.2, 0) is 17.6 Å². The number of aromatic nitrogens is 2. The highest BCUT2D eigenvalue weighted by Gasteiger charge is 2.33. The van der Waals surface area contributed by atoms with Crippen LogP contribution in [0.4, 0.5) is 17.5 Å². The Bertz CT molecular complexity index is 737. The van der Waals surface area contributed by atoms with Crippen molar-refractivity contribution in [3.8, 4) is 0 Å². The number of hydrogen-bond donors (Lipinski definition) is 2. The maximum absolute atomic E-state index is 12.4. The maximum atomic E-state index is 12.4. The zero-order valence-electron chi connectivity index (χ0n) is 13.3. The third kappa shape index (κ3) is 3.28. The number of fused-ring (bicyclic) bond motifs is 1. The lowest BCUT2D eigenvalue weighted by Crippen LogP contribution is -2.45. The number of anilines is 3. The fraction of sp³-hybridized carbons (Fsp3) is 0.353. The fourth-order valence-corrected chi connectivity index (χ4v) is 3.37. The molecule has 1 unspecified atom stereocenters. The van der Waals surface area contributed by atoms with Gasteiger partial charge < -0.3 is 16.4 Å². The molecule has 7 heteroatoms. The topological polar surface area (TPSA) is 98.1 Å². The molecule has 1 aromatic heterocycles. The number of rotatable bonds is 4. The summed E-state index contributed by atoms with van der Waals surface area (Å²) in [6, 6.07) is 10.2. The van der Waals surface area contributed by atoms with Crippen molar-refractivity contribution in [1.82, 2.24) is 9.97 Å². The SMILES string of the molecule is Nc1nc(N)c2c(n1)CCC(CCc1ccccc1)N2C(=O)CCl. The number of nitrogen functional groups attached to an aromatic ring is 2. The minimum Gasteiger partial charge on any atom is -0.382 e. The van der Waals surface area contributed by atoms with E-state index in [0.717, 1.165) is 31.4 Å². The average molecular weight is 346 g/mol. The van der Waals surface area contributed by atoms with Crippen LogP contribution in [0.15, 0.2) is 30.3 Å². The third-order valence-electron chi connectivity index (χ3n) is 4.31. The summed E-state index contributed by atoms with van der Waals surface area (Å²) in [5.41, 5.74) is 14.2. The standard InChI is InChI=1S/C17H20ClN5O/c18-10-14(24)23-12(7-6-11-4-2-1-3-5-11)8-9-13-15(23)16(19)22-17(20)21-13/h1-5,12H,6-10H2,(H4,19,20,21,22). The summed E-state index contributed by atoms with van der Waals surface area (Å²) < 4.78 is 0. The van der Waals surface area contributed by atoms with Crippen molar-refractivity contribution in [3.05, 3.63) is 41.6 Å². The smallest absolute Gasteiger partial charge is 0.242 e. The zero-order chi connectivity index (χ0) is 17.1. The molecule has 1 amide bonds. The Morgan fingerprint density at radius 2 is 2.00 bits per heavy atom. The van der Waals surface area contributed by atoms with E-state index in [2.05, 4.69) is 22.1 Å². The van der Waals surface area contributed by atoms with Gasteiger partial charge in [0, 0.05) is 6.04 Å². The minimum absolute atomic E-state index is 0.0264. The first kappa shape index (κ1) is 16.5. The quantitative estimate of drug-likeness (QED) is 0.827. The summed E-state index contributed by atoms with van der Waals surface area (Å²) in [6.07, 6.45) is 3.23. The number of carbonyl (C=O) groups excluding carboxylic acids is 1. The van der Waals surface area contributed by atoms with Gasteiger partial charge in [-0.1, -0.05) is 30.3 Å². The molecule has 0 bridgehead atoms. The molecule has 0 fully saturated rings. The molecule has 6 nitrogen and oxygen atoms in total. The number of alkyl halides is 1. The first-order valence-electron chi connectivity index (χ1n) is 7.94. The molecular formula is C17H20ClN5O. The Hall–Kier alpha value is -2.34. The highest BCUT2D eigenvalue weighted by atomic mass is 35.5. The Morgan fingerprint density at radius 3 is 2.71 bits per heavy atom. The van der Waals surface area contributed by atoms with Gasteiger partial charge in [-0.2, -0.15) is 4.98 Å². The van der Waals surface area contributed by atoms with Gasteiger partial charge in [-0.15, -0.1) is 11.6 Å². The molecule has 3 rings (SSSR count). The predicted molar refractivity (Wildman–Crippen MR) is 95.9 cm³/mol. The van der Waals surface area contributed by atoms with E-state index in [1.54, 1.807) is 4.90 Å². The van der Waals surface area contributed by atoms with Crippen molar-refractivity contribution in [2.24, 2.45) is 0 Å². The highest BCUT2D eigenvalue weighted by Crippen LogP contribution is 2.35. The van der Waals surface area contributed by atoms with Crippen molar-refractivity contribution in [2.45, 2.75) is 31.7 Å². The first-order chi connectivity index (χ1) is 11.6. The van der Waals surface area contributed by atoms with Crippen molar-refractivity contribution >= 4 is 35.0 Å². The van der Waals surface area contributed by atoms with Crippen LogP contribution in [0.3, 0.4) is 0 Å². The maximum Gasteiger partial charge on any atom is 0.242 e. The van der Waals surface area contributed by atoms with Crippen LogP contribution in [0, 0.1) is 0 Å². The van der Waals surface area contributed by atoms with Gasteiger partial charge in [-0.05, 0) is 31.2 Å². The van der Waals surface area contributed by atoms with Crippen LogP contribution in [0.2, 0.25) is 0 Å². The summed E-state index contributed by atoms with van der Waals surface area (Å²) >= 11 is 5.82. The van der Waals surface area contributed by atoms with Crippen LogP contribution in [0.25, 0.3) is 0 Å². The molecule has 1 aliphatic rings. The Balaban J connectivity index is 1.88. The van der Waals surface area contributed by atoms with Crippen LogP contribution in [-0.4, -0.2) is 27.8 Å². The second kappa shape index (κ2) is 7.05. The molecule has 0 aliphatic carbocycles. The molecule has 0 radical (unpaired) electrons. The van der Waals surface area contributed by atoms with Crippen LogP contribution >= 0.6 is 11.6 Å². The molecular weight excluding hydrogens is 326 g/mol. The predicted octanol–water partition coefficient (Wildman–Crippen LogP) is 2.16. The summed E-state index contributed by atoms with van der Waals surface area (Å²) in [7, 11) is 0. The molecule has 126 valence electrons. The van der Waals surface area contributed by atoms with Gasteiger partial charge in [0.25, 0.3) is 0 Å². The van der Waals surface area contributed by atoms with Gasteiger partial charge in [0.15, 0.2) is 5.82 Å². The number of carbonyl (C=O) groups is 1. The van der Waals surface area contributed by atoms with Crippen LogP contribution < -0.4 is 16.4 Å². The van der Waals surface area contributed by atoms with Gasteiger partial charge in [0.1, 0.15) is 11.6 Å². The number of nitrogens with two attached hydrogens (primary N) is 2. The lowest BCUT2D eigenvalue weighted by Gasteiger charge is -2.37. The minimum atomic E-state index is -0.184. The van der Waals surface area contributed by atoms with Crippen molar-refractivity contribution in [3.63, 3.8) is 0 Å². The zero-order valence-corrected chi connectivity index (χ0v) is 14.0. The largest absolute Gasteiger partial charge is 0.382 e. The van der Waals surface area contributed by atoms with Crippen molar-refractivity contribution < 1.29 is 4.79 Å². The van der Waals surface area contributed by atoms with Gasteiger partial charge >= 0.3 is 0 Å². The summed E-state index contributed by atoms with van der Waals surface area (Å²) in [4.78, 5) is 22.4. The third-order valence-corrected chi connectivity index (χ3v) is 4.54. The second-order valence-electron chi connectivity index (χ2n) is 5.88. The van der Waals surface area contributed by atoms with E-state index in [1.807, 2.05) is 18.2 Å². The molecule has 2 aromatic rings. The summed E-state index contributed by atoms with van der Waals surface area (Å²) in [5, 5.41) is 0. The molecule has 4 N–H and O–H groups in total. The van der Waals surface area contributed by atoms with Crippen molar-refractivity contribution in [2.75, 3.05) is 22.2 Å². The molecule has 0 saturated heterocycles. The van der Waals surface area contributed by atoms with Gasteiger partial charge in [0.2, 0.25) is 11.9 Å². The van der Waals surface area contributed by atoms with E-state index in [0.29, 0.717) is 5.69 Å². The Kier molecular flexibility index (Phi) is 4.85. The first-order valence-corrected chi connectivity index (χ1v) is 8.47. The number of amides is 1. The highest BCUT2D eigenvalue weighted by molar-refractivity contribution is 6.29. The Labute approximate surface area is 145 Å². The Morgan fingerprint density at radius 1 is 1.25 bits per heavy atom. The number of aryl methyl sites for hydroxylation is 2. The lowest BCUT2D eigenvalue weighted by molar-refractivity contribution is -0.116. The van der Waals surface area contributed by atoms with Crippen LogP contribution in [0.5, 0.6) is 0 Å². The van der Waals surface area contributed by atoms with E-state index in [4.69, 9.17) is 23.1 Å². The van der Waals surface area contributed by atoms with Gasteiger partial charge in [-0.25, -0.2) is 4.98 Å². The average Bonchev–Trinajstić information content (AvgIpc) is 2.59. The normalized spacial score (nSPS) is 16.7. The molecule has 0 spiro atoms. The molecule has 1 aliphatic heterocycles. The second-order valence-corrected chi connectivity index (χ2v) is 6.14. The molecule has 1 aromatic carbocycles. The molecule has 2 heterocycles. The van der Waals surface area contributed by atoms with E-state index in [-0.39, 0.29) is 29.6 Å². The van der Waals surface area contributed by atoms with E-state index < -0.39 is 0 Å². The molecule has 1 atom stereocenters. The summed E-state index contributed by atoms with van der Waals surface area (Å²) in [5.74, 6) is 0.0776. The van der Waals surface area contributed by atoms with Gasteiger partial charge in [0.05, 0.1) is 5.69 Å². The number of nitrogens with zero attached hydrogens (tertiary/aromatic N) is 3. The van der Waals surface area contributed by atoms with E-state index in [1.165, 1.54) is 5.56 Å². The van der Waals surface area contributed by atoms with Crippen LogP contribution in [0.1, 0.15) is 24.1 Å². The lowest BCUT2D eigenvalue weighted by atomic mass is 9.94. The number of halogens is 1. The van der Waals surface area contributed by atoms with Gasteiger partial charge in [-0.3, -0.25) is 4.79 Å². The number of hydrogen-bond acceptors (Lipinski definition) is 5. The van der Waals surface area contributed by atoms with E-state index >= 15 is 0 Å². The van der Waals surface area contributed by atoms with Crippen molar-refractivity contribution in [1.29, 1.82) is 0 Å². The summed E-state index contributed by atoms with van der Waals surface area (Å²) in [6.45, 7) is 0.